The topological polar surface area (TPSA) is 104 Å². The Bertz CT molecular complexity index is 1690. The van der Waals surface area contributed by atoms with Crippen LogP contribution in [0.5, 0.6) is 0 Å². The minimum Gasteiger partial charge on any atom is -0.352 e. The van der Waals surface area contributed by atoms with Crippen LogP contribution in [0.3, 0.4) is 0 Å². The van der Waals surface area contributed by atoms with Crippen molar-refractivity contribution in [2.45, 2.75) is 56.4 Å². The highest BCUT2D eigenvalue weighted by molar-refractivity contribution is 7.99. The Kier molecular flexibility index (Phi) is 9.59. The second-order valence-corrected chi connectivity index (χ2v) is 13.0. The molecule has 1 N–H and O–H groups in total. The molecule has 14 heteroatoms. The van der Waals surface area contributed by atoms with Gasteiger partial charge in [-0.3, -0.25) is 9.36 Å². The molecule has 3 aromatic rings. The maximum absolute atomic E-state index is 14.6. The fourth-order valence-electron chi connectivity index (χ4n) is 6.02. The average Bonchev–Trinajstić information content (AvgIpc) is 3.23. The van der Waals surface area contributed by atoms with E-state index in [2.05, 4.69) is 21.5 Å². The van der Waals surface area contributed by atoms with Crippen molar-refractivity contribution in [3.8, 4) is 0 Å². The standard InChI is InChI=1S/C26H29F3N4O2S2.C4H4N2O/c1-4-20(34)33-15(2)13-31(14-16(33)3)24-18-12-19(26(27,28)29)21(17-6-10-36-11-7-17)23-22(18)32(25(35)30-24)8-5-9-37-23;7-4-5-2-1-3-6-4/h4,6,12,15-16H,1,5,7-11,13-14H2,2-3H3;1-3H,(H,5,6,7). The van der Waals surface area contributed by atoms with E-state index in [0.717, 1.165) is 5.75 Å². The number of halogens is 3. The van der Waals surface area contributed by atoms with Gasteiger partial charge < -0.3 is 14.8 Å². The zero-order chi connectivity index (χ0) is 31.6. The van der Waals surface area contributed by atoms with E-state index in [1.807, 2.05) is 24.8 Å². The number of carbonyl (C=O) groups is 1. The molecule has 2 aromatic heterocycles. The van der Waals surface area contributed by atoms with Crippen LogP contribution in [-0.4, -0.2) is 72.8 Å². The molecule has 5 heterocycles. The van der Waals surface area contributed by atoms with Crippen molar-refractivity contribution in [1.82, 2.24) is 24.4 Å². The predicted molar refractivity (Wildman–Crippen MR) is 169 cm³/mol. The molecule has 0 spiro atoms. The number of nitrogens with one attached hydrogen (secondary N) is 1. The van der Waals surface area contributed by atoms with Crippen LogP contribution in [0.1, 0.15) is 37.8 Å². The predicted octanol–water partition coefficient (Wildman–Crippen LogP) is 4.81. The average molecular weight is 647 g/mol. The molecule has 6 rings (SSSR count). The molecule has 234 valence electrons. The van der Waals surface area contributed by atoms with Gasteiger partial charge in [0.05, 0.1) is 11.1 Å². The summed E-state index contributed by atoms with van der Waals surface area (Å²) in [6.45, 7) is 8.47. The Morgan fingerprint density at radius 3 is 2.50 bits per heavy atom. The number of nitrogens with zero attached hydrogens (tertiary/aromatic N) is 5. The number of rotatable bonds is 3. The van der Waals surface area contributed by atoms with E-state index in [1.54, 1.807) is 27.3 Å². The van der Waals surface area contributed by atoms with Gasteiger partial charge >= 0.3 is 17.6 Å². The first-order chi connectivity index (χ1) is 21.0. The van der Waals surface area contributed by atoms with Gasteiger partial charge in [0.15, 0.2) is 0 Å². The van der Waals surface area contributed by atoms with Crippen molar-refractivity contribution in [3.05, 3.63) is 75.4 Å². The highest BCUT2D eigenvalue weighted by Crippen LogP contribution is 2.47. The number of piperazine rings is 1. The monoisotopic (exact) mass is 646 g/mol. The third-order valence-corrected chi connectivity index (χ3v) is 9.86. The van der Waals surface area contributed by atoms with Gasteiger partial charge in [-0.1, -0.05) is 12.7 Å². The second-order valence-electron chi connectivity index (χ2n) is 10.8. The number of hydrogen-bond donors (Lipinski definition) is 1. The molecular weight excluding hydrogens is 613 g/mol. The Morgan fingerprint density at radius 2 is 1.93 bits per heavy atom. The van der Waals surface area contributed by atoms with E-state index in [9.17, 15) is 27.6 Å². The van der Waals surface area contributed by atoms with E-state index in [1.165, 1.54) is 36.3 Å². The van der Waals surface area contributed by atoms with Crippen LogP contribution in [0.15, 0.2) is 57.7 Å². The largest absolute Gasteiger partial charge is 0.417 e. The van der Waals surface area contributed by atoms with Crippen LogP contribution in [0.2, 0.25) is 0 Å². The zero-order valence-electron chi connectivity index (χ0n) is 24.4. The number of carbonyl (C=O) groups excluding carboxylic acids is 1. The lowest BCUT2D eigenvalue weighted by Gasteiger charge is -2.44. The smallest absolute Gasteiger partial charge is 0.352 e. The summed E-state index contributed by atoms with van der Waals surface area (Å²) in [5.74, 6) is 2.13. The van der Waals surface area contributed by atoms with Crippen molar-refractivity contribution in [1.29, 1.82) is 0 Å². The summed E-state index contributed by atoms with van der Waals surface area (Å²) in [4.78, 5) is 50.0. The minimum absolute atomic E-state index is 0.194. The normalized spacial score (nSPS) is 20.3. The van der Waals surface area contributed by atoms with Crippen molar-refractivity contribution >= 4 is 51.7 Å². The molecule has 1 aromatic carbocycles. The van der Waals surface area contributed by atoms with E-state index in [4.69, 9.17) is 0 Å². The van der Waals surface area contributed by atoms with Gasteiger partial charge in [0.1, 0.15) is 5.82 Å². The molecule has 2 unspecified atom stereocenters. The number of thioether (sulfide) groups is 2. The first-order valence-electron chi connectivity index (χ1n) is 14.3. The molecule has 1 amide bonds. The van der Waals surface area contributed by atoms with Gasteiger partial charge in [0.2, 0.25) is 5.91 Å². The highest BCUT2D eigenvalue weighted by atomic mass is 32.2. The molecule has 9 nitrogen and oxygen atoms in total. The van der Waals surface area contributed by atoms with Crippen LogP contribution in [-0.2, 0) is 17.5 Å². The number of alkyl halides is 3. The SMILES string of the molecule is C=CC(=O)N1C(C)CN(c2nc(=O)n3c4c(c(C5=CCSCC5)c(C(F)(F)F)cc24)SCCC3)CC1C.O=c1nccc[nH]1. The Balaban J connectivity index is 0.000000484. The second kappa shape index (κ2) is 13.2. The van der Waals surface area contributed by atoms with Crippen LogP contribution >= 0.6 is 23.5 Å². The van der Waals surface area contributed by atoms with Gasteiger partial charge in [-0.05, 0) is 62.0 Å². The van der Waals surface area contributed by atoms with Crippen LogP contribution in [0, 0.1) is 0 Å². The minimum atomic E-state index is -4.56. The summed E-state index contributed by atoms with van der Waals surface area (Å²) in [5, 5.41) is 0.341. The number of hydrogen-bond acceptors (Lipinski definition) is 8. The third kappa shape index (κ3) is 6.46. The number of aromatic nitrogens is 4. The van der Waals surface area contributed by atoms with E-state index < -0.39 is 17.4 Å². The number of aryl methyl sites for hydroxylation is 1. The molecule has 0 saturated carbocycles. The maximum atomic E-state index is 14.6. The Hall–Kier alpha value is -3.52. The van der Waals surface area contributed by atoms with E-state index >= 15 is 0 Å². The van der Waals surface area contributed by atoms with Crippen LogP contribution in [0.25, 0.3) is 16.5 Å². The lowest BCUT2D eigenvalue weighted by atomic mass is 9.94. The van der Waals surface area contributed by atoms with Crippen molar-refractivity contribution < 1.29 is 18.0 Å². The van der Waals surface area contributed by atoms with Gasteiger partial charge in [-0.25, -0.2) is 14.6 Å². The molecule has 1 fully saturated rings. The number of amides is 1. The molecule has 1 saturated heterocycles. The van der Waals surface area contributed by atoms with Gasteiger partial charge in [-0.2, -0.15) is 29.9 Å². The van der Waals surface area contributed by atoms with Crippen LogP contribution < -0.4 is 16.3 Å². The summed E-state index contributed by atoms with van der Waals surface area (Å²) in [7, 11) is 0. The van der Waals surface area contributed by atoms with Crippen molar-refractivity contribution in [2.24, 2.45) is 0 Å². The summed E-state index contributed by atoms with van der Waals surface area (Å²) < 4.78 is 45.4. The maximum Gasteiger partial charge on any atom is 0.417 e. The fourth-order valence-corrected chi connectivity index (χ4v) is 8.09. The summed E-state index contributed by atoms with van der Waals surface area (Å²) >= 11 is 3.11. The molecule has 3 aliphatic rings. The zero-order valence-corrected chi connectivity index (χ0v) is 26.0. The number of H-pyrrole nitrogens is 1. The molecule has 0 radical (unpaired) electrons. The third-order valence-electron chi connectivity index (χ3n) is 7.79. The molecule has 3 aliphatic heterocycles. The highest BCUT2D eigenvalue weighted by Gasteiger charge is 2.39. The fraction of sp³-hybridized carbons (Fsp3) is 0.433. The molecule has 0 aliphatic carbocycles. The summed E-state index contributed by atoms with van der Waals surface area (Å²) in [6, 6.07) is 2.40. The molecule has 44 heavy (non-hydrogen) atoms. The van der Waals surface area contributed by atoms with Crippen molar-refractivity contribution in [2.75, 3.05) is 35.2 Å². The molecular formula is C30H33F3N6O3S2. The van der Waals surface area contributed by atoms with E-state index in [0.29, 0.717) is 65.4 Å². The van der Waals surface area contributed by atoms with Gasteiger partial charge in [-0.15, -0.1) is 11.8 Å². The molecule has 0 bridgehead atoms. The lowest BCUT2D eigenvalue weighted by molar-refractivity contribution is -0.137. The number of aromatic amines is 1. The number of allylic oxidation sites excluding steroid dienone is 1. The van der Waals surface area contributed by atoms with Gasteiger partial charge in [0, 0.05) is 65.7 Å². The van der Waals surface area contributed by atoms with E-state index in [-0.39, 0.29) is 35.1 Å². The number of anilines is 1. The van der Waals surface area contributed by atoms with Gasteiger partial charge in [0.25, 0.3) is 0 Å². The first-order valence-corrected chi connectivity index (χ1v) is 16.4. The number of benzene rings is 1. The quantitative estimate of drug-likeness (QED) is 0.405. The Morgan fingerprint density at radius 1 is 1.18 bits per heavy atom. The lowest BCUT2D eigenvalue weighted by Crippen LogP contribution is -2.58. The summed E-state index contributed by atoms with van der Waals surface area (Å²) in [5.41, 5.74) is 0.0496. The molecule has 2 atom stereocenters. The first kappa shape index (κ1) is 31.9. The van der Waals surface area contributed by atoms with Crippen molar-refractivity contribution in [3.63, 3.8) is 0 Å². The Labute approximate surface area is 260 Å². The summed E-state index contributed by atoms with van der Waals surface area (Å²) in [6.07, 6.45) is 2.81. The van der Waals surface area contributed by atoms with Crippen LogP contribution in [0.4, 0.5) is 19.0 Å².